The van der Waals surface area contributed by atoms with Crippen LogP contribution < -0.4 is 11.1 Å². The van der Waals surface area contributed by atoms with Crippen molar-refractivity contribution in [2.24, 2.45) is 5.73 Å². The Morgan fingerprint density at radius 3 is 2.31 bits per heavy atom. The lowest BCUT2D eigenvalue weighted by Crippen LogP contribution is -2.43. The first-order chi connectivity index (χ1) is 15.4. The average molecular weight is 444 g/mol. The van der Waals surface area contributed by atoms with Gasteiger partial charge in [-0.1, -0.05) is 36.4 Å². The zero-order valence-electron chi connectivity index (χ0n) is 18.3. The molecule has 1 aliphatic heterocycles. The van der Waals surface area contributed by atoms with Gasteiger partial charge in [0.25, 0.3) is 0 Å². The maximum absolute atomic E-state index is 13.0. The number of nitrogens with zero attached hydrogens (tertiary/aromatic N) is 1. The molecule has 3 nitrogen and oxygen atoms in total. The van der Waals surface area contributed by atoms with Gasteiger partial charge in [-0.25, -0.2) is 0 Å². The van der Waals surface area contributed by atoms with Crippen LogP contribution >= 0.6 is 0 Å². The van der Waals surface area contributed by atoms with Crippen molar-refractivity contribution in [2.75, 3.05) is 13.1 Å². The number of alkyl halides is 3. The summed E-state index contributed by atoms with van der Waals surface area (Å²) >= 11 is 0. The van der Waals surface area contributed by atoms with Crippen LogP contribution in [-0.4, -0.2) is 42.2 Å². The number of rotatable bonds is 5. The molecule has 3 aliphatic rings. The number of benzene rings is 2. The number of nitrogens with two attached hydrogens (primary N) is 1. The fraction of sp³-hybridized carbons (Fsp3) is 0.538. The molecule has 5 rings (SSSR count). The molecule has 0 amide bonds. The van der Waals surface area contributed by atoms with Gasteiger partial charge in [0.15, 0.2) is 0 Å². The lowest BCUT2D eigenvalue weighted by atomic mass is 9.90. The molecule has 2 aromatic carbocycles. The van der Waals surface area contributed by atoms with Crippen molar-refractivity contribution in [2.45, 2.75) is 74.8 Å². The van der Waals surface area contributed by atoms with E-state index in [1.54, 1.807) is 6.07 Å². The summed E-state index contributed by atoms with van der Waals surface area (Å²) < 4.78 is 39.0. The third kappa shape index (κ3) is 4.87. The first-order valence-electron chi connectivity index (χ1n) is 11.9. The highest BCUT2D eigenvalue weighted by Gasteiger charge is 2.40. The Balaban J connectivity index is 1.13. The van der Waals surface area contributed by atoms with Gasteiger partial charge in [-0.3, -0.25) is 4.90 Å². The van der Waals surface area contributed by atoms with Gasteiger partial charge in [-0.15, -0.1) is 0 Å². The summed E-state index contributed by atoms with van der Waals surface area (Å²) in [5.41, 5.74) is 8.17. The van der Waals surface area contributed by atoms with Crippen LogP contribution in [0.1, 0.15) is 55.6 Å². The van der Waals surface area contributed by atoms with Crippen LogP contribution in [0.4, 0.5) is 13.2 Å². The molecule has 3 N–H and O–H groups in total. The van der Waals surface area contributed by atoms with Crippen molar-refractivity contribution >= 4 is 0 Å². The molecule has 0 aromatic heterocycles. The summed E-state index contributed by atoms with van der Waals surface area (Å²) in [6.45, 7) is 2.22. The van der Waals surface area contributed by atoms with Crippen molar-refractivity contribution in [1.29, 1.82) is 0 Å². The van der Waals surface area contributed by atoms with Crippen LogP contribution in [0.15, 0.2) is 48.5 Å². The molecule has 3 fully saturated rings. The number of hydrogen-bond acceptors (Lipinski definition) is 3. The molecule has 3 atom stereocenters. The van der Waals surface area contributed by atoms with Gasteiger partial charge >= 0.3 is 6.18 Å². The molecule has 0 bridgehead atoms. The minimum atomic E-state index is -4.32. The van der Waals surface area contributed by atoms with Crippen LogP contribution in [0.25, 0.3) is 11.1 Å². The van der Waals surface area contributed by atoms with E-state index < -0.39 is 11.7 Å². The number of likely N-dealkylation sites (tertiary alicyclic amines) is 1. The van der Waals surface area contributed by atoms with E-state index in [-0.39, 0.29) is 0 Å². The Bertz CT molecular complexity index is 919. The van der Waals surface area contributed by atoms with Gasteiger partial charge in [0.2, 0.25) is 0 Å². The van der Waals surface area contributed by atoms with Gasteiger partial charge in [0.05, 0.1) is 5.56 Å². The van der Waals surface area contributed by atoms with Gasteiger partial charge in [-0.05, 0) is 67.3 Å². The summed E-state index contributed by atoms with van der Waals surface area (Å²) in [4.78, 5) is 2.59. The average Bonchev–Trinajstić information content (AvgIpc) is 3.42. The topological polar surface area (TPSA) is 41.3 Å². The van der Waals surface area contributed by atoms with Crippen molar-refractivity contribution in [1.82, 2.24) is 10.2 Å². The van der Waals surface area contributed by atoms with E-state index in [0.717, 1.165) is 37.6 Å². The molecule has 0 radical (unpaired) electrons. The minimum Gasteiger partial charge on any atom is -0.326 e. The standard InChI is InChI=1S/C26H32F3N3/c27-26(28,29)20-3-1-2-19(14-20)17-4-6-18(7-5-17)24-15-25(24)31-22-8-10-23(11-9-22)32-13-12-21(30)16-32/h1-7,14,21-25,31H,8-13,15-16,30H2. The third-order valence-electron chi connectivity index (χ3n) is 7.57. The predicted octanol–water partition coefficient (Wildman–Crippen LogP) is 5.16. The smallest absolute Gasteiger partial charge is 0.326 e. The molecular formula is C26H32F3N3. The first kappa shape index (κ1) is 21.9. The summed E-state index contributed by atoms with van der Waals surface area (Å²) in [5, 5.41) is 3.86. The molecule has 6 heteroatoms. The molecule has 32 heavy (non-hydrogen) atoms. The van der Waals surface area contributed by atoms with Crippen LogP contribution in [0.2, 0.25) is 0 Å². The molecule has 172 valence electrons. The molecule has 3 unspecified atom stereocenters. The summed E-state index contributed by atoms with van der Waals surface area (Å²) in [6, 6.07) is 15.8. The molecule has 0 spiro atoms. The fourth-order valence-electron chi connectivity index (χ4n) is 5.60. The lowest BCUT2D eigenvalue weighted by Gasteiger charge is -2.35. The summed E-state index contributed by atoms with van der Waals surface area (Å²) in [6.07, 6.45) is 2.94. The second-order valence-electron chi connectivity index (χ2n) is 9.87. The number of nitrogens with one attached hydrogen (secondary N) is 1. The van der Waals surface area contributed by atoms with Gasteiger partial charge in [0, 0.05) is 43.2 Å². The minimum absolute atomic E-state index is 0.359. The third-order valence-corrected chi connectivity index (χ3v) is 7.57. The Kier molecular flexibility index (Phi) is 6.03. The normalized spacial score (nSPS) is 31.1. The van der Waals surface area contributed by atoms with E-state index in [2.05, 4.69) is 22.3 Å². The maximum atomic E-state index is 13.0. The molecule has 2 aliphatic carbocycles. The fourth-order valence-corrected chi connectivity index (χ4v) is 5.60. The summed E-state index contributed by atoms with van der Waals surface area (Å²) in [5.74, 6) is 0.514. The van der Waals surface area contributed by atoms with E-state index in [0.29, 0.717) is 35.6 Å². The highest BCUT2D eigenvalue weighted by atomic mass is 19.4. The van der Waals surface area contributed by atoms with Crippen molar-refractivity contribution in [3.8, 4) is 11.1 Å². The van der Waals surface area contributed by atoms with Crippen LogP contribution in [0, 0.1) is 0 Å². The first-order valence-corrected chi connectivity index (χ1v) is 11.9. The number of halogens is 3. The molecule has 2 saturated carbocycles. The van der Waals surface area contributed by atoms with E-state index in [9.17, 15) is 13.2 Å². The predicted molar refractivity (Wildman–Crippen MR) is 121 cm³/mol. The van der Waals surface area contributed by atoms with Crippen LogP contribution in [-0.2, 0) is 6.18 Å². The monoisotopic (exact) mass is 443 g/mol. The van der Waals surface area contributed by atoms with Crippen LogP contribution in [0.3, 0.4) is 0 Å². The Labute approximate surface area is 188 Å². The van der Waals surface area contributed by atoms with Gasteiger partial charge < -0.3 is 11.1 Å². The Hall–Kier alpha value is -1.89. The van der Waals surface area contributed by atoms with E-state index >= 15 is 0 Å². The van der Waals surface area contributed by atoms with E-state index in [4.69, 9.17) is 5.73 Å². The second kappa shape index (κ2) is 8.81. The zero-order valence-corrected chi connectivity index (χ0v) is 18.3. The number of hydrogen-bond donors (Lipinski definition) is 2. The summed E-state index contributed by atoms with van der Waals surface area (Å²) in [7, 11) is 0. The van der Waals surface area contributed by atoms with E-state index in [1.807, 2.05) is 12.1 Å². The molecule has 1 heterocycles. The molecule has 2 aromatic rings. The Morgan fingerprint density at radius 1 is 0.906 bits per heavy atom. The van der Waals surface area contributed by atoms with Gasteiger partial charge in [-0.2, -0.15) is 13.2 Å². The second-order valence-corrected chi connectivity index (χ2v) is 9.87. The highest BCUT2D eigenvalue weighted by molar-refractivity contribution is 5.65. The SMILES string of the molecule is NC1CCN(C2CCC(NC3CC3c3ccc(-c4cccc(C(F)(F)F)c4)cc3)CC2)C1. The molecular weight excluding hydrogens is 411 g/mol. The van der Waals surface area contributed by atoms with Crippen molar-refractivity contribution in [3.63, 3.8) is 0 Å². The van der Waals surface area contributed by atoms with Crippen molar-refractivity contribution < 1.29 is 13.2 Å². The lowest BCUT2D eigenvalue weighted by molar-refractivity contribution is -0.137. The maximum Gasteiger partial charge on any atom is 0.416 e. The Morgan fingerprint density at radius 2 is 1.66 bits per heavy atom. The zero-order chi connectivity index (χ0) is 22.3. The highest BCUT2D eigenvalue weighted by Crippen LogP contribution is 2.42. The van der Waals surface area contributed by atoms with Crippen molar-refractivity contribution in [3.05, 3.63) is 59.7 Å². The quantitative estimate of drug-likeness (QED) is 0.671. The van der Waals surface area contributed by atoms with Crippen LogP contribution in [0.5, 0.6) is 0 Å². The van der Waals surface area contributed by atoms with E-state index in [1.165, 1.54) is 43.4 Å². The largest absolute Gasteiger partial charge is 0.416 e. The van der Waals surface area contributed by atoms with Gasteiger partial charge in [0.1, 0.15) is 0 Å². The molecule has 1 saturated heterocycles.